The van der Waals surface area contributed by atoms with Gasteiger partial charge < -0.3 is 5.32 Å². The lowest BCUT2D eigenvalue weighted by atomic mass is 9.91. The molecule has 0 bridgehead atoms. The molecule has 0 saturated carbocycles. The third-order valence-electron chi connectivity index (χ3n) is 3.78. The van der Waals surface area contributed by atoms with Gasteiger partial charge in [0.2, 0.25) is 10.0 Å². The molecular weight excluding hydrogens is 274 g/mol. The Bertz CT molecular complexity index is 517. The van der Waals surface area contributed by atoms with Gasteiger partial charge >= 0.3 is 0 Å². The number of hydrogen-bond donors (Lipinski definition) is 2. The molecule has 0 fully saturated rings. The molecule has 0 radical (unpaired) electrons. The molecule has 0 amide bonds. The second-order valence-corrected chi connectivity index (χ2v) is 6.54. The van der Waals surface area contributed by atoms with Crippen molar-refractivity contribution in [2.24, 2.45) is 0 Å². The zero-order valence-corrected chi connectivity index (χ0v) is 13.5. The summed E-state index contributed by atoms with van der Waals surface area (Å²) in [5.74, 6) is 0.575. The van der Waals surface area contributed by atoms with Crippen LogP contribution in [0, 0.1) is 0 Å². The highest BCUT2D eigenvalue weighted by atomic mass is 32.2. The summed E-state index contributed by atoms with van der Waals surface area (Å²) < 4.78 is 27.9. The van der Waals surface area contributed by atoms with Gasteiger partial charge in [-0.05, 0) is 32.3 Å². The molecule has 0 aliphatic rings. The van der Waals surface area contributed by atoms with E-state index in [-0.39, 0.29) is 10.4 Å². The van der Waals surface area contributed by atoms with Crippen molar-refractivity contribution < 1.29 is 8.42 Å². The van der Waals surface area contributed by atoms with Gasteiger partial charge in [0.15, 0.2) is 0 Å². The molecule has 114 valence electrons. The summed E-state index contributed by atoms with van der Waals surface area (Å²) in [6, 6.07) is 3.09. The van der Waals surface area contributed by atoms with Gasteiger partial charge in [0.1, 0.15) is 5.82 Å². The Kier molecular flexibility index (Phi) is 5.95. The van der Waals surface area contributed by atoms with Crippen LogP contribution in [0.25, 0.3) is 0 Å². The largest absolute Gasteiger partial charge is 0.370 e. The van der Waals surface area contributed by atoms with Gasteiger partial charge in [-0.25, -0.2) is 18.1 Å². The van der Waals surface area contributed by atoms with Crippen LogP contribution >= 0.6 is 0 Å². The first-order valence-electron chi connectivity index (χ1n) is 7.17. The van der Waals surface area contributed by atoms with Gasteiger partial charge in [0, 0.05) is 24.3 Å². The number of sulfonamides is 1. The second-order valence-electron chi connectivity index (χ2n) is 4.85. The average molecular weight is 299 g/mol. The molecule has 2 N–H and O–H groups in total. The van der Waals surface area contributed by atoms with E-state index in [9.17, 15) is 8.42 Å². The van der Waals surface area contributed by atoms with Crippen molar-refractivity contribution in [1.82, 2.24) is 9.71 Å². The summed E-state index contributed by atoms with van der Waals surface area (Å²) in [7, 11) is -3.53. The first-order chi connectivity index (χ1) is 9.43. The zero-order chi connectivity index (χ0) is 15.2. The van der Waals surface area contributed by atoms with Crippen molar-refractivity contribution in [3.05, 3.63) is 18.3 Å². The lowest BCUT2D eigenvalue weighted by molar-refractivity contribution is 0.341. The molecule has 20 heavy (non-hydrogen) atoms. The lowest BCUT2D eigenvalue weighted by Crippen LogP contribution is -2.46. The zero-order valence-electron chi connectivity index (χ0n) is 12.7. The number of rotatable bonds is 8. The fourth-order valence-electron chi connectivity index (χ4n) is 2.17. The Hall–Kier alpha value is -1.14. The highest BCUT2D eigenvalue weighted by Gasteiger charge is 2.30. The molecule has 6 heteroatoms. The summed E-state index contributed by atoms with van der Waals surface area (Å²) in [6.07, 6.45) is 3.82. The van der Waals surface area contributed by atoms with Crippen molar-refractivity contribution in [3.63, 3.8) is 0 Å². The van der Waals surface area contributed by atoms with Crippen LogP contribution < -0.4 is 10.0 Å². The minimum atomic E-state index is -3.53. The highest BCUT2D eigenvalue weighted by Crippen LogP contribution is 2.23. The van der Waals surface area contributed by atoms with Gasteiger partial charge in [-0.15, -0.1) is 0 Å². The van der Waals surface area contributed by atoms with E-state index in [1.54, 1.807) is 6.07 Å². The molecule has 0 aliphatic heterocycles. The minimum Gasteiger partial charge on any atom is -0.370 e. The summed E-state index contributed by atoms with van der Waals surface area (Å²) in [5.41, 5.74) is -0.375. The van der Waals surface area contributed by atoms with Gasteiger partial charge in [-0.3, -0.25) is 0 Å². The Morgan fingerprint density at radius 2 is 1.75 bits per heavy atom. The maximum Gasteiger partial charge on any atom is 0.241 e. The van der Waals surface area contributed by atoms with E-state index in [0.29, 0.717) is 12.4 Å². The van der Waals surface area contributed by atoms with Crippen molar-refractivity contribution in [2.75, 3.05) is 11.9 Å². The first-order valence-corrected chi connectivity index (χ1v) is 8.65. The van der Waals surface area contributed by atoms with Gasteiger partial charge in [-0.2, -0.15) is 0 Å². The van der Waals surface area contributed by atoms with E-state index in [1.165, 1.54) is 12.3 Å². The van der Waals surface area contributed by atoms with Crippen LogP contribution in [-0.4, -0.2) is 25.5 Å². The van der Waals surface area contributed by atoms with Crippen LogP contribution in [0.2, 0.25) is 0 Å². The normalized spacial score (nSPS) is 12.4. The van der Waals surface area contributed by atoms with Gasteiger partial charge in [0.25, 0.3) is 0 Å². The molecule has 1 rings (SSSR count). The maximum atomic E-state index is 12.5. The van der Waals surface area contributed by atoms with Crippen LogP contribution in [-0.2, 0) is 10.0 Å². The minimum absolute atomic E-state index is 0.253. The molecule has 1 aromatic rings. The van der Waals surface area contributed by atoms with Crippen LogP contribution in [0.15, 0.2) is 23.2 Å². The highest BCUT2D eigenvalue weighted by molar-refractivity contribution is 7.89. The predicted octanol–water partition coefficient (Wildman–Crippen LogP) is 2.76. The van der Waals surface area contributed by atoms with Crippen LogP contribution in [0.5, 0.6) is 0 Å². The van der Waals surface area contributed by atoms with Crippen LogP contribution in [0.3, 0.4) is 0 Å². The molecule has 1 aromatic heterocycles. The maximum absolute atomic E-state index is 12.5. The number of anilines is 1. The average Bonchev–Trinajstić information content (AvgIpc) is 2.46. The van der Waals surface area contributed by atoms with E-state index in [1.807, 2.05) is 27.7 Å². The van der Waals surface area contributed by atoms with Gasteiger partial charge in [-0.1, -0.05) is 20.8 Å². The van der Waals surface area contributed by atoms with Crippen LogP contribution in [0.1, 0.15) is 47.0 Å². The van der Waals surface area contributed by atoms with Crippen molar-refractivity contribution in [3.8, 4) is 0 Å². The Morgan fingerprint density at radius 1 is 1.15 bits per heavy atom. The molecule has 5 nitrogen and oxygen atoms in total. The number of aromatic nitrogens is 1. The first kappa shape index (κ1) is 16.9. The fraction of sp³-hybridized carbons (Fsp3) is 0.643. The summed E-state index contributed by atoms with van der Waals surface area (Å²) >= 11 is 0. The molecule has 0 spiro atoms. The number of nitrogens with zero attached hydrogens (tertiary/aromatic N) is 1. The monoisotopic (exact) mass is 299 g/mol. The summed E-state index contributed by atoms with van der Waals surface area (Å²) in [5, 5.41) is 3.02. The number of hydrogen-bond acceptors (Lipinski definition) is 4. The van der Waals surface area contributed by atoms with E-state index in [0.717, 1.165) is 19.3 Å². The second kappa shape index (κ2) is 7.04. The lowest BCUT2D eigenvalue weighted by Gasteiger charge is -2.31. The molecule has 0 aromatic carbocycles. The predicted molar refractivity (Wildman–Crippen MR) is 82.3 cm³/mol. The van der Waals surface area contributed by atoms with E-state index >= 15 is 0 Å². The smallest absolute Gasteiger partial charge is 0.241 e. The molecule has 1 heterocycles. The standard InChI is InChI=1S/C14H25N3O2S/c1-5-14(6-2,7-3)17-20(18,19)12-9-10-16-13(11-12)15-8-4/h9-11,17H,5-8H2,1-4H3,(H,15,16). The van der Waals surface area contributed by atoms with Crippen molar-refractivity contribution >= 4 is 15.8 Å². The quantitative estimate of drug-likeness (QED) is 0.774. The third-order valence-corrected chi connectivity index (χ3v) is 5.36. The van der Waals surface area contributed by atoms with Crippen molar-refractivity contribution in [1.29, 1.82) is 0 Å². The molecule has 0 saturated heterocycles. The Morgan fingerprint density at radius 3 is 2.25 bits per heavy atom. The van der Waals surface area contributed by atoms with E-state index in [2.05, 4.69) is 15.0 Å². The Labute approximate surface area is 122 Å². The van der Waals surface area contributed by atoms with Crippen LogP contribution in [0.4, 0.5) is 5.82 Å². The molecule has 0 atom stereocenters. The molecule has 0 aliphatic carbocycles. The van der Waals surface area contributed by atoms with E-state index < -0.39 is 10.0 Å². The summed E-state index contributed by atoms with van der Waals surface area (Å²) in [4.78, 5) is 4.35. The molecule has 0 unspecified atom stereocenters. The Balaban J connectivity index is 3.07. The molecular formula is C14H25N3O2S. The summed E-state index contributed by atoms with van der Waals surface area (Å²) in [6.45, 7) is 8.66. The fourth-order valence-corrected chi connectivity index (χ4v) is 3.79. The number of pyridine rings is 1. The van der Waals surface area contributed by atoms with Gasteiger partial charge in [0.05, 0.1) is 4.90 Å². The number of nitrogens with one attached hydrogen (secondary N) is 2. The third kappa shape index (κ3) is 3.93. The van der Waals surface area contributed by atoms with E-state index in [4.69, 9.17) is 0 Å². The van der Waals surface area contributed by atoms with Crippen molar-refractivity contribution in [2.45, 2.75) is 57.4 Å². The topological polar surface area (TPSA) is 71.1 Å². The SMILES string of the molecule is CCNc1cc(S(=O)(=O)NC(CC)(CC)CC)ccn1.